The van der Waals surface area contributed by atoms with Crippen LogP contribution >= 0.6 is 23.2 Å². The minimum absolute atomic E-state index is 0.405. The first-order valence-electron chi connectivity index (χ1n) is 6.11. The summed E-state index contributed by atoms with van der Waals surface area (Å²) in [5.41, 5.74) is 2.59. The van der Waals surface area contributed by atoms with Crippen LogP contribution in [0.3, 0.4) is 0 Å². The number of nitrogens with one attached hydrogen (secondary N) is 2. The molecule has 1 aromatic rings. The number of carbonyl (C=O) groups is 2. The van der Waals surface area contributed by atoms with Gasteiger partial charge in [-0.25, -0.2) is 5.43 Å². The van der Waals surface area contributed by atoms with E-state index < -0.39 is 11.8 Å². The van der Waals surface area contributed by atoms with Crippen molar-refractivity contribution in [1.82, 2.24) is 10.7 Å². The first kappa shape index (κ1) is 16.5. The first-order chi connectivity index (χ1) is 9.56. The van der Waals surface area contributed by atoms with Crippen molar-refractivity contribution in [3.05, 3.63) is 33.8 Å². The van der Waals surface area contributed by atoms with Crippen molar-refractivity contribution in [2.24, 2.45) is 5.10 Å². The summed E-state index contributed by atoms with van der Waals surface area (Å²) in [4.78, 5) is 22.7. The average molecular weight is 316 g/mol. The molecule has 0 saturated carbocycles. The average Bonchev–Trinajstić information content (AvgIpc) is 2.42. The molecule has 2 N–H and O–H groups in total. The second-order valence-electron chi connectivity index (χ2n) is 3.94. The zero-order valence-corrected chi connectivity index (χ0v) is 12.5. The topological polar surface area (TPSA) is 70.6 Å². The lowest BCUT2D eigenvalue weighted by Gasteiger charge is -2.03. The minimum Gasteiger partial charge on any atom is -0.348 e. The number of halogens is 2. The predicted molar refractivity (Wildman–Crippen MR) is 80.1 cm³/mol. The lowest BCUT2D eigenvalue weighted by atomic mass is 10.2. The van der Waals surface area contributed by atoms with Crippen LogP contribution in [-0.2, 0) is 9.59 Å². The molecule has 0 unspecified atom stereocenters. The quantitative estimate of drug-likeness (QED) is 0.379. The first-order valence-corrected chi connectivity index (χ1v) is 6.87. The van der Waals surface area contributed by atoms with E-state index in [1.807, 2.05) is 6.92 Å². The van der Waals surface area contributed by atoms with Gasteiger partial charge in [-0.05, 0) is 18.6 Å². The van der Waals surface area contributed by atoms with Crippen molar-refractivity contribution in [2.75, 3.05) is 6.54 Å². The van der Waals surface area contributed by atoms with Gasteiger partial charge >= 0.3 is 11.8 Å². The van der Waals surface area contributed by atoms with E-state index >= 15 is 0 Å². The monoisotopic (exact) mass is 315 g/mol. The van der Waals surface area contributed by atoms with Crippen molar-refractivity contribution >= 4 is 41.2 Å². The number of benzene rings is 1. The summed E-state index contributed by atoms with van der Waals surface area (Å²) in [7, 11) is 0. The molecule has 7 heteroatoms. The van der Waals surface area contributed by atoms with Crippen molar-refractivity contribution in [1.29, 1.82) is 0 Å². The molecule has 0 aliphatic carbocycles. The fourth-order valence-corrected chi connectivity index (χ4v) is 1.79. The Labute approximate surface area is 127 Å². The highest BCUT2D eigenvalue weighted by Crippen LogP contribution is 2.21. The van der Waals surface area contributed by atoms with Crippen LogP contribution in [0.25, 0.3) is 0 Å². The second-order valence-corrected chi connectivity index (χ2v) is 4.76. The van der Waals surface area contributed by atoms with E-state index in [1.165, 1.54) is 6.21 Å². The van der Waals surface area contributed by atoms with Crippen LogP contribution in [0.2, 0.25) is 10.0 Å². The van der Waals surface area contributed by atoms with Gasteiger partial charge in [0.1, 0.15) is 0 Å². The smallest absolute Gasteiger partial charge is 0.329 e. The van der Waals surface area contributed by atoms with Crippen molar-refractivity contribution in [3.8, 4) is 0 Å². The van der Waals surface area contributed by atoms with Crippen molar-refractivity contribution in [3.63, 3.8) is 0 Å². The highest BCUT2D eigenvalue weighted by molar-refractivity contribution is 6.38. The standard InChI is InChI=1S/C13H15Cl2N3O2/c1-2-3-7-16-12(19)13(20)18-17-8-9-10(14)5-4-6-11(9)15/h4-6,8H,2-3,7H2,1H3,(H,16,19)(H,18,20)/b17-8+. The third kappa shape index (κ3) is 5.19. The van der Waals surface area contributed by atoms with Gasteiger partial charge in [-0.1, -0.05) is 42.6 Å². The van der Waals surface area contributed by atoms with Gasteiger partial charge in [0, 0.05) is 12.1 Å². The Morgan fingerprint density at radius 3 is 2.50 bits per heavy atom. The second kappa shape index (κ2) is 8.55. The van der Waals surface area contributed by atoms with E-state index in [9.17, 15) is 9.59 Å². The molecule has 0 aliphatic rings. The fraction of sp³-hybridized carbons (Fsp3) is 0.308. The minimum atomic E-state index is -0.833. The number of hydrazone groups is 1. The Hall–Kier alpha value is -1.59. The highest BCUT2D eigenvalue weighted by Gasteiger charge is 2.11. The maximum atomic E-state index is 11.4. The Morgan fingerprint density at radius 1 is 1.25 bits per heavy atom. The van der Waals surface area contributed by atoms with E-state index in [0.29, 0.717) is 22.2 Å². The van der Waals surface area contributed by atoms with Crippen LogP contribution in [-0.4, -0.2) is 24.6 Å². The van der Waals surface area contributed by atoms with Gasteiger partial charge in [0.05, 0.1) is 16.3 Å². The predicted octanol–water partition coefficient (Wildman–Crippen LogP) is 2.36. The molecule has 0 heterocycles. The van der Waals surface area contributed by atoms with Gasteiger partial charge in [0.15, 0.2) is 0 Å². The van der Waals surface area contributed by atoms with Crippen LogP contribution in [0.1, 0.15) is 25.3 Å². The summed E-state index contributed by atoms with van der Waals surface area (Å²) in [6, 6.07) is 4.99. The number of hydrogen-bond acceptors (Lipinski definition) is 3. The van der Waals surface area contributed by atoms with Crippen LogP contribution in [0, 0.1) is 0 Å². The zero-order valence-electron chi connectivity index (χ0n) is 11.0. The Balaban J connectivity index is 2.52. The lowest BCUT2D eigenvalue weighted by molar-refractivity contribution is -0.139. The largest absolute Gasteiger partial charge is 0.348 e. The molecule has 0 bridgehead atoms. The molecule has 0 aliphatic heterocycles. The normalized spacial score (nSPS) is 10.6. The number of hydrogen-bond donors (Lipinski definition) is 2. The van der Waals surface area contributed by atoms with Crippen LogP contribution in [0.5, 0.6) is 0 Å². The molecular formula is C13H15Cl2N3O2. The van der Waals surface area contributed by atoms with E-state index in [0.717, 1.165) is 12.8 Å². The molecule has 2 amide bonds. The maximum Gasteiger partial charge on any atom is 0.329 e. The van der Waals surface area contributed by atoms with Crippen molar-refractivity contribution < 1.29 is 9.59 Å². The molecule has 0 saturated heterocycles. The molecule has 0 radical (unpaired) electrons. The van der Waals surface area contributed by atoms with E-state index in [2.05, 4.69) is 15.8 Å². The molecule has 0 fully saturated rings. The van der Waals surface area contributed by atoms with Gasteiger partial charge in [-0.3, -0.25) is 9.59 Å². The summed E-state index contributed by atoms with van der Waals surface area (Å²) < 4.78 is 0. The van der Waals surface area contributed by atoms with Crippen LogP contribution < -0.4 is 10.7 Å². The molecule has 0 aromatic heterocycles. The zero-order chi connectivity index (χ0) is 15.0. The fourth-order valence-electron chi connectivity index (χ4n) is 1.30. The molecule has 20 heavy (non-hydrogen) atoms. The number of amides is 2. The van der Waals surface area contributed by atoms with Gasteiger partial charge in [-0.2, -0.15) is 5.10 Å². The summed E-state index contributed by atoms with van der Waals surface area (Å²) in [5, 5.41) is 6.95. The molecule has 0 atom stereocenters. The van der Waals surface area contributed by atoms with E-state index in [4.69, 9.17) is 23.2 Å². The van der Waals surface area contributed by atoms with Gasteiger partial charge in [0.25, 0.3) is 0 Å². The molecular weight excluding hydrogens is 301 g/mol. The molecule has 1 rings (SSSR count). The Morgan fingerprint density at radius 2 is 1.90 bits per heavy atom. The van der Waals surface area contributed by atoms with Crippen LogP contribution in [0.15, 0.2) is 23.3 Å². The summed E-state index contributed by atoms with van der Waals surface area (Å²) in [6.07, 6.45) is 3.05. The molecule has 5 nitrogen and oxygen atoms in total. The van der Waals surface area contributed by atoms with Gasteiger partial charge < -0.3 is 5.32 Å². The number of unbranched alkanes of at least 4 members (excludes halogenated alkanes) is 1. The van der Waals surface area contributed by atoms with E-state index in [-0.39, 0.29) is 0 Å². The number of carbonyl (C=O) groups excluding carboxylic acids is 2. The van der Waals surface area contributed by atoms with Crippen molar-refractivity contribution in [2.45, 2.75) is 19.8 Å². The number of rotatable bonds is 5. The van der Waals surface area contributed by atoms with E-state index in [1.54, 1.807) is 18.2 Å². The lowest BCUT2D eigenvalue weighted by Crippen LogP contribution is -2.38. The summed E-state index contributed by atoms with van der Waals surface area (Å²) >= 11 is 11.8. The molecule has 1 aromatic carbocycles. The summed E-state index contributed by atoms with van der Waals surface area (Å²) in [5.74, 6) is -1.55. The Kier molecular flexibility index (Phi) is 7.04. The highest BCUT2D eigenvalue weighted by atomic mass is 35.5. The SMILES string of the molecule is CCCCNC(=O)C(=O)N/N=C/c1c(Cl)cccc1Cl. The van der Waals surface area contributed by atoms with Gasteiger partial charge in [-0.15, -0.1) is 0 Å². The third-order valence-corrected chi connectivity index (χ3v) is 3.04. The third-order valence-electron chi connectivity index (χ3n) is 2.38. The van der Waals surface area contributed by atoms with Crippen LogP contribution in [0.4, 0.5) is 0 Å². The Bertz CT molecular complexity index is 498. The summed E-state index contributed by atoms with van der Waals surface area (Å²) in [6.45, 7) is 2.45. The number of nitrogens with zero attached hydrogens (tertiary/aromatic N) is 1. The molecule has 0 spiro atoms. The van der Waals surface area contributed by atoms with Gasteiger partial charge in [0.2, 0.25) is 0 Å². The molecule has 108 valence electrons. The maximum absolute atomic E-state index is 11.4.